The predicted molar refractivity (Wildman–Crippen MR) is 117 cm³/mol. The molecule has 2 fully saturated rings. The van der Waals surface area contributed by atoms with Gasteiger partial charge in [0.25, 0.3) is 0 Å². The van der Waals surface area contributed by atoms with E-state index < -0.39 is 6.09 Å². The van der Waals surface area contributed by atoms with Crippen LogP contribution >= 0.6 is 35.0 Å². The quantitative estimate of drug-likeness (QED) is 0.578. The highest BCUT2D eigenvalue weighted by molar-refractivity contribution is 8.00. The Labute approximate surface area is 184 Å². The minimum atomic E-state index is -0.863. The summed E-state index contributed by atoms with van der Waals surface area (Å²) in [7, 11) is 0. The van der Waals surface area contributed by atoms with E-state index in [1.807, 2.05) is 23.9 Å². The van der Waals surface area contributed by atoms with Gasteiger partial charge in [-0.05, 0) is 42.7 Å². The van der Waals surface area contributed by atoms with Crippen LogP contribution in [0.15, 0.2) is 35.2 Å². The van der Waals surface area contributed by atoms with Crippen LogP contribution in [0.1, 0.15) is 37.2 Å². The average molecular weight is 450 g/mol. The van der Waals surface area contributed by atoms with Crippen molar-refractivity contribution in [3.05, 3.63) is 45.9 Å². The third-order valence-corrected chi connectivity index (χ3v) is 8.07. The van der Waals surface area contributed by atoms with Crippen molar-refractivity contribution in [2.75, 3.05) is 13.1 Å². The van der Waals surface area contributed by atoms with Gasteiger partial charge in [0.2, 0.25) is 0 Å². The molecule has 29 heavy (non-hydrogen) atoms. The lowest BCUT2D eigenvalue weighted by Gasteiger charge is -2.32. The van der Waals surface area contributed by atoms with Gasteiger partial charge < -0.3 is 14.7 Å². The SMILES string of the molecule is O=C(O)N1CCC2Oc3c(SC4CCC4)cc(-c4ccc(Cl)cc4Cl)cc3C2C1. The average Bonchev–Trinajstić information content (AvgIpc) is 3.02. The zero-order chi connectivity index (χ0) is 20.1. The van der Waals surface area contributed by atoms with E-state index >= 15 is 0 Å². The van der Waals surface area contributed by atoms with Crippen molar-refractivity contribution in [3.8, 4) is 16.9 Å². The Balaban J connectivity index is 1.58. The van der Waals surface area contributed by atoms with Gasteiger partial charge in [-0.2, -0.15) is 0 Å². The summed E-state index contributed by atoms with van der Waals surface area (Å²) < 4.78 is 6.39. The van der Waals surface area contributed by atoms with Crippen molar-refractivity contribution in [1.29, 1.82) is 0 Å². The standard InChI is InChI=1S/C22H21Cl2NO3S/c23-13-4-5-15(18(24)10-13)12-8-16-17-11-25(22(26)27)7-6-19(17)28-21(16)20(9-12)29-14-2-1-3-14/h4-5,8-10,14,17,19H,1-3,6-7,11H2,(H,26,27). The van der Waals surface area contributed by atoms with Gasteiger partial charge in [0, 0.05) is 51.9 Å². The van der Waals surface area contributed by atoms with E-state index in [0.717, 1.165) is 33.8 Å². The van der Waals surface area contributed by atoms with Crippen LogP contribution in [0.3, 0.4) is 0 Å². The van der Waals surface area contributed by atoms with Gasteiger partial charge in [0.15, 0.2) is 0 Å². The van der Waals surface area contributed by atoms with Crippen molar-refractivity contribution < 1.29 is 14.6 Å². The number of fused-ring (bicyclic) bond motifs is 3. The summed E-state index contributed by atoms with van der Waals surface area (Å²) in [5.74, 6) is 1.000. The predicted octanol–water partition coefficient (Wildman–Crippen LogP) is 6.53. The maximum absolute atomic E-state index is 11.5. The summed E-state index contributed by atoms with van der Waals surface area (Å²) >= 11 is 14.5. The molecule has 1 N–H and O–H groups in total. The van der Waals surface area contributed by atoms with Crippen LogP contribution in [0, 0.1) is 0 Å². The Morgan fingerprint density at radius 3 is 2.69 bits per heavy atom. The molecule has 0 spiro atoms. The minimum Gasteiger partial charge on any atom is -0.488 e. The first-order valence-corrected chi connectivity index (χ1v) is 11.6. The lowest BCUT2D eigenvalue weighted by Crippen LogP contribution is -2.43. The molecule has 4 nitrogen and oxygen atoms in total. The Kier molecular flexibility index (Phi) is 5.09. The third-order valence-electron chi connectivity index (χ3n) is 6.16. The number of likely N-dealkylation sites (tertiary alicyclic amines) is 1. The topological polar surface area (TPSA) is 49.8 Å². The van der Waals surface area contributed by atoms with Gasteiger partial charge in [-0.3, -0.25) is 0 Å². The first-order valence-electron chi connectivity index (χ1n) is 9.94. The lowest BCUT2D eigenvalue weighted by atomic mass is 9.88. The molecular weight excluding hydrogens is 429 g/mol. The van der Waals surface area contributed by atoms with Crippen LogP contribution in [0.5, 0.6) is 5.75 Å². The lowest BCUT2D eigenvalue weighted by molar-refractivity contribution is 0.0892. The molecule has 1 aliphatic carbocycles. The maximum Gasteiger partial charge on any atom is 0.407 e. The van der Waals surface area contributed by atoms with Crippen LogP contribution in [0.2, 0.25) is 10.0 Å². The number of thioether (sulfide) groups is 1. The number of carbonyl (C=O) groups is 1. The van der Waals surface area contributed by atoms with Crippen molar-refractivity contribution in [3.63, 3.8) is 0 Å². The molecular formula is C22H21Cl2NO3S. The van der Waals surface area contributed by atoms with Crippen LogP contribution in [-0.4, -0.2) is 40.5 Å². The Bertz CT molecular complexity index is 979. The van der Waals surface area contributed by atoms with Gasteiger partial charge in [0.1, 0.15) is 11.9 Å². The van der Waals surface area contributed by atoms with Crippen LogP contribution < -0.4 is 4.74 Å². The summed E-state index contributed by atoms with van der Waals surface area (Å²) in [5, 5.41) is 11.3. The summed E-state index contributed by atoms with van der Waals surface area (Å²) in [6.45, 7) is 0.990. The molecule has 2 aromatic rings. The molecule has 2 unspecified atom stereocenters. The second-order valence-electron chi connectivity index (χ2n) is 7.97. The fraction of sp³-hybridized carbons (Fsp3) is 0.409. The van der Waals surface area contributed by atoms with Crippen molar-refractivity contribution in [1.82, 2.24) is 4.90 Å². The van der Waals surface area contributed by atoms with Crippen LogP contribution in [-0.2, 0) is 0 Å². The van der Waals surface area contributed by atoms with E-state index in [4.69, 9.17) is 27.9 Å². The molecule has 2 heterocycles. The van der Waals surface area contributed by atoms with E-state index in [1.165, 1.54) is 24.2 Å². The summed E-state index contributed by atoms with van der Waals surface area (Å²) in [4.78, 5) is 14.2. The molecule has 0 bridgehead atoms. The summed E-state index contributed by atoms with van der Waals surface area (Å²) in [6.07, 6.45) is 3.63. The molecule has 1 saturated carbocycles. The van der Waals surface area contributed by atoms with Gasteiger partial charge in [-0.15, -0.1) is 11.8 Å². The number of hydrogen-bond donors (Lipinski definition) is 1. The molecule has 7 heteroatoms. The monoisotopic (exact) mass is 449 g/mol. The molecule has 5 rings (SSSR count). The zero-order valence-corrected chi connectivity index (χ0v) is 18.1. The van der Waals surface area contributed by atoms with E-state index in [0.29, 0.717) is 28.4 Å². The molecule has 2 aromatic carbocycles. The second kappa shape index (κ2) is 7.60. The summed E-state index contributed by atoms with van der Waals surface area (Å²) in [6, 6.07) is 9.85. The molecule has 1 amide bonds. The fourth-order valence-corrected chi connectivity index (χ4v) is 6.27. The number of rotatable bonds is 3. The number of halogens is 2. The van der Waals surface area contributed by atoms with Gasteiger partial charge in [-0.25, -0.2) is 4.79 Å². The highest BCUT2D eigenvalue weighted by Gasteiger charge is 2.42. The Morgan fingerprint density at radius 1 is 1.17 bits per heavy atom. The van der Waals surface area contributed by atoms with Crippen molar-refractivity contribution in [2.45, 2.75) is 47.9 Å². The highest BCUT2D eigenvalue weighted by atomic mass is 35.5. The van der Waals surface area contributed by atoms with E-state index in [9.17, 15) is 9.90 Å². The molecule has 2 aliphatic heterocycles. The van der Waals surface area contributed by atoms with E-state index in [1.54, 1.807) is 6.07 Å². The van der Waals surface area contributed by atoms with Gasteiger partial charge >= 0.3 is 6.09 Å². The number of amides is 1. The number of nitrogens with zero attached hydrogens (tertiary/aromatic N) is 1. The first kappa shape index (κ1) is 19.4. The normalized spacial score (nSPS) is 23.2. The summed E-state index contributed by atoms with van der Waals surface area (Å²) in [5.41, 5.74) is 3.07. The van der Waals surface area contributed by atoms with Gasteiger partial charge in [0.05, 0.1) is 4.90 Å². The number of piperidine rings is 1. The molecule has 0 aromatic heterocycles. The number of ether oxygens (including phenoxy) is 1. The van der Waals surface area contributed by atoms with E-state index in [2.05, 4.69) is 12.1 Å². The second-order valence-corrected chi connectivity index (χ2v) is 10.2. The molecule has 2 atom stereocenters. The maximum atomic E-state index is 11.5. The fourth-order valence-electron chi connectivity index (χ4n) is 4.36. The zero-order valence-electron chi connectivity index (χ0n) is 15.7. The van der Waals surface area contributed by atoms with E-state index in [-0.39, 0.29) is 12.0 Å². The third kappa shape index (κ3) is 3.58. The largest absolute Gasteiger partial charge is 0.488 e. The molecule has 152 valence electrons. The number of benzene rings is 2. The Hall–Kier alpha value is -1.56. The molecule has 1 saturated heterocycles. The minimum absolute atomic E-state index is 0.0391. The Morgan fingerprint density at radius 2 is 2.00 bits per heavy atom. The highest BCUT2D eigenvalue weighted by Crippen LogP contribution is 2.51. The van der Waals surface area contributed by atoms with Crippen molar-refractivity contribution >= 4 is 41.1 Å². The van der Waals surface area contributed by atoms with Gasteiger partial charge in [-0.1, -0.05) is 35.7 Å². The van der Waals surface area contributed by atoms with Crippen LogP contribution in [0.4, 0.5) is 4.79 Å². The molecule has 0 radical (unpaired) electrons. The number of hydrogen-bond acceptors (Lipinski definition) is 3. The number of carboxylic acid groups (broad SMARTS) is 1. The molecule has 3 aliphatic rings. The smallest absolute Gasteiger partial charge is 0.407 e. The van der Waals surface area contributed by atoms with Crippen molar-refractivity contribution in [2.24, 2.45) is 0 Å². The first-order chi connectivity index (χ1) is 14.0. The van der Waals surface area contributed by atoms with Crippen LogP contribution in [0.25, 0.3) is 11.1 Å².